The highest BCUT2D eigenvalue weighted by Gasteiger charge is 2.22. The summed E-state index contributed by atoms with van der Waals surface area (Å²) in [5, 5.41) is 9.71. The molecule has 0 aliphatic rings. The van der Waals surface area contributed by atoms with Gasteiger partial charge in [0, 0.05) is 0 Å². The lowest BCUT2D eigenvalue weighted by molar-refractivity contribution is -0.142. The monoisotopic (exact) mass is 286 g/mol. The SMILES string of the molecule is CCC(Oc1ccccc1)C(=O)Oc1cc(C)ccc1O. The Labute approximate surface area is 123 Å². The molecule has 0 aromatic heterocycles. The second-order valence-electron chi connectivity index (χ2n) is 4.72. The molecular formula is C17H18O4. The van der Waals surface area contributed by atoms with Gasteiger partial charge < -0.3 is 14.6 Å². The van der Waals surface area contributed by atoms with E-state index in [2.05, 4.69) is 0 Å². The minimum Gasteiger partial charge on any atom is -0.504 e. The van der Waals surface area contributed by atoms with Crippen LogP contribution in [0.15, 0.2) is 48.5 Å². The summed E-state index contributed by atoms with van der Waals surface area (Å²) in [6.45, 7) is 3.69. The molecule has 1 N–H and O–H groups in total. The van der Waals surface area contributed by atoms with Gasteiger partial charge in [-0.3, -0.25) is 0 Å². The number of rotatable bonds is 5. The summed E-state index contributed by atoms with van der Waals surface area (Å²) in [6, 6.07) is 13.9. The molecule has 0 saturated carbocycles. The molecule has 2 rings (SSSR count). The molecule has 0 aliphatic heterocycles. The third kappa shape index (κ3) is 3.99. The molecule has 21 heavy (non-hydrogen) atoms. The smallest absolute Gasteiger partial charge is 0.352 e. The predicted molar refractivity (Wildman–Crippen MR) is 79.6 cm³/mol. The first kappa shape index (κ1) is 14.9. The molecule has 1 unspecified atom stereocenters. The second kappa shape index (κ2) is 6.79. The first-order chi connectivity index (χ1) is 10.1. The van der Waals surface area contributed by atoms with Gasteiger partial charge in [0.1, 0.15) is 5.75 Å². The Hall–Kier alpha value is -2.49. The van der Waals surface area contributed by atoms with Crippen molar-refractivity contribution in [1.82, 2.24) is 0 Å². The maximum Gasteiger partial charge on any atom is 0.352 e. The molecule has 0 spiro atoms. The Morgan fingerprint density at radius 1 is 1.19 bits per heavy atom. The lowest BCUT2D eigenvalue weighted by Crippen LogP contribution is -2.30. The number of hydrogen-bond acceptors (Lipinski definition) is 4. The van der Waals surface area contributed by atoms with Crippen LogP contribution in [0.3, 0.4) is 0 Å². The minimum atomic E-state index is -0.715. The number of para-hydroxylation sites is 1. The normalized spacial score (nSPS) is 11.7. The van der Waals surface area contributed by atoms with Gasteiger partial charge in [-0.2, -0.15) is 0 Å². The number of aromatic hydroxyl groups is 1. The number of phenolic OH excluding ortho intramolecular Hbond substituents is 1. The number of aryl methyl sites for hydroxylation is 1. The van der Waals surface area contributed by atoms with Gasteiger partial charge in [-0.05, 0) is 43.2 Å². The first-order valence-electron chi connectivity index (χ1n) is 6.83. The van der Waals surface area contributed by atoms with Crippen molar-refractivity contribution in [1.29, 1.82) is 0 Å². The lowest BCUT2D eigenvalue weighted by atomic mass is 10.2. The van der Waals surface area contributed by atoms with E-state index in [1.54, 1.807) is 24.3 Å². The highest BCUT2D eigenvalue weighted by Crippen LogP contribution is 2.27. The molecule has 0 aliphatic carbocycles. The number of ether oxygens (including phenoxy) is 2. The van der Waals surface area contributed by atoms with Crippen molar-refractivity contribution in [3.63, 3.8) is 0 Å². The second-order valence-corrected chi connectivity index (χ2v) is 4.72. The van der Waals surface area contributed by atoms with Crippen molar-refractivity contribution in [2.24, 2.45) is 0 Å². The fraction of sp³-hybridized carbons (Fsp3) is 0.235. The topological polar surface area (TPSA) is 55.8 Å². The Balaban J connectivity index is 2.08. The van der Waals surface area contributed by atoms with E-state index in [0.29, 0.717) is 12.2 Å². The molecule has 0 radical (unpaired) electrons. The molecular weight excluding hydrogens is 268 g/mol. The van der Waals surface area contributed by atoms with Crippen LogP contribution in [0.2, 0.25) is 0 Å². The molecule has 110 valence electrons. The van der Waals surface area contributed by atoms with Crippen molar-refractivity contribution in [2.45, 2.75) is 26.4 Å². The van der Waals surface area contributed by atoms with Gasteiger partial charge in [0.15, 0.2) is 17.6 Å². The van der Waals surface area contributed by atoms with Crippen molar-refractivity contribution in [2.75, 3.05) is 0 Å². The molecule has 4 heteroatoms. The van der Waals surface area contributed by atoms with Gasteiger partial charge in [0.2, 0.25) is 0 Å². The van der Waals surface area contributed by atoms with Crippen LogP contribution in [-0.2, 0) is 4.79 Å². The van der Waals surface area contributed by atoms with E-state index >= 15 is 0 Å². The Morgan fingerprint density at radius 3 is 2.57 bits per heavy atom. The number of carbonyl (C=O) groups is 1. The fourth-order valence-corrected chi connectivity index (χ4v) is 1.84. The lowest BCUT2D eigenvalue weighted by Gasteiger charge is -2.16. The molecule has 4 nitrogen and oxygen atoms in total. The van der Waals surface area contributed by atoms with Crippen LogP contribution in [0.5, 0.6) is 17.2 Å². The molecule has 2 aromatic rings. The van der Waals surface area contributed by atoms with E-state index in [4.69, 9.17) is 9.47 Å². The van der Waals surface area contributed by atoms with E-state index in [1.807, 2.05) is 32.0 Å². The number of carbonyl (C=O) groups excluding carboxylic acids is 1. The van der Waals surface area contributed by atoms with Crippen LogP contribution in [0.25, 0.3) is 0 Å². The molecule has 1 atom stereocenters. The molecule has 0 fully saturated rings. The number of benzene rings is 2. The third-order valence-corrected chi connectivity index (χ3v) is 2.98. The zero-order chi connectivity index (χ0) is 15.2. The van der Waals surface area contributed by atoms with Gasteiger partial charge in [-0.25, -0.2) is 4.79 Å². The van der Waals surface area contributed by atoms with Gasteiger partial charge in [-0.15, -0.1) is 0 Å². The maximum atomic E-state index is 12.2. The van der Waals surface area contributed by atoms with Crippen LogP contribution < -0.4 is 9.47 Å². The summed E-state index contributed by atoms with van der Waals surface area (Å²) in [4.78, 5) is 12.2. The zero-order valence-electron chi connectivity index (χ0n) is 12.1. The highest BCUT2D eigenvalue weighted by atomic mass is 16.6. The van der Waals surface area contributed by atoms with Crippen LogP contribution in [0.1, 0.15) is 18.9 Å². The Bertz CT molecular complexity index is 607. The predicted octanol–water partition coefficient (Wildman–Crippen LogP) is 3.46. The highest BCUT2D eigenvalue weighted by molar-refractivity contribution is 5.78. The minimum absolute atomic E-state index is 0.0662. The molecule has 0 bridgehead atoms. The summed E-state index contributed by atoms with van der Waals surface area (Å²) in [5.41, 5.74) is 0.896. The standard InChI is InChI=1S/C17H18O4/c1-3-15(20-13-7-5-4-6-8-13)17(19)21-16-11-12(2)9-10-14(16)18/h4-11,15,18H,3H2,1-2H3. The average Bonchev–Trinajstić information content (AvgIpc) is 2.49. The van der Waals surface area contributed by atoms with Crippen molar-refractivity contribution in [3.05, 3.63) is 54.1 Å². The summed E-state index contributed by atoms with van der Waals surface area (Å²) in [7, 11) is 0. The fourth-order valence-electron chi connectivity index (χ4n) is 1.84. The van der Waals surface area contributed by atoms with Crippen LogP contribution in [0.4, 0.5) is 0 Å². The summed E-state index contributed by atoms with van der Waals surface area (Å²) in [6.07, 6.45) is -0.243. The van der Waals surface area contributed by atoms with E-state index in [9.17, 15) is 9.90 Å². The third-order valence-electron chi connectivity index (χ3n) is 2.98. The zero-order valence-corrected chi connectivity index (χ0v) is 12.1. The molecule has 0 amide bonds. The first-order valence-corrected chi connectivity index (χ1v) is 6.83. The van der Waals surface area contributed by atoms with Crippen LogP contribution >= 0.6 is 0 Å². The van der Waals surface area contributed by atoms with Gasteiger partial charge >= 0.3 is 5.97 Å². The van der Waals surface area contributed by atoms with Gasteiger partial charge in [-0.1, -0.05) is 31.2 Å². The maximum absolute atomic E-state index is 12.2. The van der Waals surface area contributed by atoms with E-state index in [1.165, 1.54) is 6.07 Å². The number of esters is 1. The van der Waals surface area contributed by atoms with E-state index in [0.717, 1.165) is 5.56 Å². The quantitative estimate of drug-likeness (QED) is 0.675. The summed E-state index contributed by atoms with van der Waals surface area (Å²) >= 11 is 0. The largest absolute Gasteiger partial charge is 0.504 e. The molecule has 0 saturated heterocycles. The van der Waals surface area contributed by atoms with Crippen molar-refractivity contribution < 1.29 is 19.4 Å². The van der Waals surface area contributed by atoms with Gasteiger partial charge in [0.05, 0.1) is 0 Å². The molecule has 0 heterocycles. The van der Waals surface area contributed by atoms with Gasteiger partial charge in [0.25, 0.3) is 0 Å². The number of hydrogen-bond donors (Lipinski definition) is 1. The van der Waals surface area contributed by atoms with Crippen molar-refractivity contribution in [3.8, 4) is 17.2 Å². The summed E-state index contributed by atoms with van der Waals surface area (Å²) in [5.74, 6) is 0.163. The van der Waals surface area contributed by atoms with Crippen molar-refractivity contribution >= 4 is 5.97 Å². The Morgan fingerprint density at radius 2 is 1.90 bits per heavy atom. The van der Waals surface area contributed by atoms with Crippen LogP contribution in [-0.4, -0.2) is 17.2 Å². The average molecular weight is 286 g/mol. The summed E-state index contributed by atoms with van der Waals surface area (Å²) < 4.78 is 10.8. The van der Waals surface area contributed by atoms with Crippen LogP contribution in [0, 0.1) is 6.92 Å². The van der Waals surface area contributed by atoms with E-state index < -0.39 is 12.1 Å². The Kier molecular flexibility index (Phi) is 4.82. The molecule has 2 aromatic carbocycles. The van der Waals surface area contributed by atoms with E-state index in [-0.39, 0.29) is 11.5 Å². The number of phenols is 1.